The minimum atomic E-state index is -0.875. The first-order valence-corrected chi connectivity index (χ1v) is 8.44. The van der Waals surface area contributed by atoms with Crippen molar-refractivity contribution in [2.75, 3.05) is 33.0 Å². The average Bonchev–Trinajstić information content (AvgIpc) is 2.58. The Morgan fingerprint density at radius 3 is 2.57 bits per heavy atom. The molecular weight excluding hydrogens is 294 g/mol. The molecule has 126 valence electrons. The van der Waals surface area contributed by atoms with E-state index in [-0.39, 0.29) is 0 Å². The van der Waals surface area contributed by atoms with Gasteiger partial charge in [-0.1, -0.05) is 12.1 Å². The Morgan fingerprint density at radius 1 is 1.13 bits per heavy atom. The van der Waals surface area contributed by atoms with Gasteiger partial charge in [-0.15, -0.1) is 0 Å². The third-order valence-electron chi connectivity index (χ3n) is 4.88. The maximum absolute atomic E-state index is 10.9. The summed E-state index contributed by atoms with van der Waals surface area (Å²) in [6.07, 6.45) is 3.46. The second-order valence-electron chi connectivity index (χ2n) is 6.49. The van der Waals surface area contributed by atoms with Gasteiger partial charge < -0.3 is 14.6 Å². The number of hydrogen-bond donors (Lipinski definition) is 1. The molecule has 23 heavy (non-hydrogen) atoms. The summed E-state index contributed by atoms with van der Waals surface area (Å²) in [4.78, 5) is 13.4. The molecular formula is C18H25NO4. The molecule has 0 aromatic heterocycles. The molecule has 0 aliphatic carbocycles. The van der Waals surface area contributed by atoms with E-state index in [9.17, 15) is 4.79 Å². The van der Waals surface area contributed by atoms with Crippen molar-refractivity contribution in [3.63, 3.8) is 0 Å². The second kappa shape index (κ2) is 7.90. The van der Waals surface area contributed by atoms with Crippen molar-refractivity contribution in [2.45, 2.75) is 31.8 Å². The summed E-state index contributed by atoms with van der Waals surface area (Å²) in [5.41, 5.74) is 1.50. The summed E-state index contributed by atoms with van der Waals surface area (Å²) in [6.45, 7) is 5.14. The lowest BCUT2D eigenvalue weighted by Gasteiger charge is -2.38. The summed E-state index contributed by atoms with van der Waals surface area (Å²) in [5, 5.41) is 8.98. The molecule has 0 radical (unpaired) electrons. The van der Waals surface area contributed by atoms with Crippen molar-refractivity contribution >= 4 is 5.97 Å². The number of ether oxygens (including phenoxy) is 2. The lowest BCUT2D eigenvalue weighted by Crippen LogP contribution is -2.46. The number of carboxylic acids is 1. The van der Waals surface area contributed by atoms with Crippen LogP contribution in [0.1, 0.15) is 35.2 Å². The zero-order valence-electron chi connectivity index (χ0n) is 13.4. The molecule has 5 nitrogen and oxygen atoms in total. The highest BCUT2D eigenvalue weighted by Crippen LogP contribution is 2.25. The fraction of sp³-hybridized carbons (Fsp3) is 0.611. The quantitative estimate of drug-likeness (QED) is 0.903. The predicted octanol–water partition coefficient (Wildman–Crippen LogP) is 2.40. The molecule has 1 atom stereocenters. The molecule has 2 aliphatic rings. The first-order valence-electron chi connectivity index (χ1n) is 8.44. The highest BCUT2D eigenvalue weighted by molar-refractivity contribution is 5.87. The molecule has 1 N–H and O–H groups in total. The number of hydrogen-bond acceptors (Lipinski definition) is 4. The summed E-state index contributed by atoms with van der Waals surface area (Å²) in [7, 11) is 0. The Morgan fingerprint density at radius 2 is 1.87 bits per heavy atom. The first-order chi connectivity index (χ1) is 11.2. The molecule has 0 amide bonds. The lowest BCUT2D eigenvalue weighted by molar-refractivity contribution is -0.0290. The Bertz CT molecular complexity index is 510. The maximum Gasteiger partial charge on any atom is 0.335 e. The largest absolute Gasteiger partial charge is 0.478 e. The van der Waals surface area contributed by atoms with Crippen LogP contribution in [-0.4, -0.2) is 55.0 Å². The Kier molecular flexibility index (Phi) is 5.65. The van der Waals surface area contributed by atoms with Gasteiger partial charge in [-0.3, -0.25) is 4.90 Å². The van der Waals surface area contributed by atoms with Crippen LogP contribution in [0.4, 0.5) is 0 Å². The molecule has 1 unspecified atom stereocenters. The number of nitrogens with zero attached hydrogens (tertiary/aromatic N) is 1. The van der Waals surface area contributed by atoms with Gasteiger partial charge in [-0.05, 0) is 42.9 Å². The smallest absolute Gasteiger partial charge is 0.335 e. The van der Waals surface area contributed by atoms with Gasteiger partial charge in [-0.2, -0.15) is 0 Å². The van der Waals surface area contributed by atoms with Crippen molar-refractivity contribution in [1.29, 1.82) is 0 Å². The molecule has 0 saturated carbocycles. The minimum Gasteiger partial charge on any atom is -0.478 e. The number of carbonyl (C=O) groups is 1. The number of aromatic carboxylic acids is 1. The van der Waals surface area contributed by atoms with E-state index in [1.807, 2.05) is 12.1 Å². The molecule has 0 bridgehead atoms. The van der Waals surface area contributed by atoms with Crippen LogP contribution in [0.5, 0.6) is 0 Å². The molecule has 2 saturated heterocycles. The number of benzene rings is 1. The average molecular weight is 319 g/mol. The van der Waals surface area contributed by atoms with E-state index in [1.54, 1.807) is 12.1 Å². The predicted molar refractivity (Wildman–Crippen MR) is 86.6 cm³/mol. The maximum atomic E-state index is 10.9. The standard InChI is InChI=1S/C18H25NO4/c20-18(21)16-3-1-15(2-4-16)12-19-7-10-23-13-17(19)11-14-5-8-22-9-6-14/h1-4,14,17H,5-13H2,(H,20,21). The normalized spacial score (nSPS) is 23.7. The fourth-order valence-electron chi connectivity index (χ4n) is 3.47. The number of rotatable bonds is 5. The van der Waals surface area contributed by atoms with Crippen LogP contribution < -0.4 is 0 Å². The van der Waals surface area contributed by atoms with E-state index in [1.165, 1.54) is 0 Å². The summed E-state index contributed by atoms with van der Waals surface area (Å²) >= 11 is 0. The lowest BCUT2D eigenvalue weighted by atomic mass is 9.91. The van der Waals surface area contributed by atoms with Gasteiger partial charge in [0.05, 0.1) is 18.8 Å². The van der Waals surface area contributed by atoms with Gasteiger partial charge in [0, 0.05) is 32.3 Å². The van der Waals surface area contributed by atoms with Gasteiger partial charge in [0.1, 0.15) is 0 Å². The Hall–Kier alpha value is -1.43. The van der Waals surface area contributed by atoms with Crippen LogP contribution in [-0.2, 0) is 16.0 Å². The van der Waals surface area contributed by atoms with Crippen molar-refractivity contribution in [2.24, 2.45) is 5.92 Å². The van der Waals surface area contributed by atoms with Gasteiger partial charge in [0.2, 0.25) is 0 Å². The number of morpholine rings is 1. The van der Waals surface area contributed by atoms with E-state index < -0.39 is 5.97 Å². The Labute approximate surface area is 137 Å². The van der Waals surface area contributed by atoms with E-state index >= 15 is 0 Å². The molecule has 1 aromatic carbocycles. The molecule has 2 fully saturated rings. The van der Waals surface area contributed by atoms with Crippen molar-refractivity contribution < 1.29 is 19.4 Å². The summed E-state index contributed by atoms with van der Waals surface area (Å²) < 4.78 is 11.1. The van der Waals surface area contributed by atoms with Crippen LogP contribution in [0.2, 0.25) is 0 Å². The van der Waals surface area contributed by atoms with Crippen LogP contribution in [0.3, 0.4) is 0 Å². The monoisotopic (exact) mass is 319 g/mol. The van der Waals surface area contributed by atoms with Crippen LogP contribution >= 0.6 is 0 Å². The van der Waals surface area contributed by atoms with E-state index in [0.29, 0.717) is 11.6 Å². The van der Waals surface area contributed by atoms with Crippen molar-refractivity contribution in [1.82, 2.24) is 4.90 Å². The molecule has 0 spiro atoms. The van der Waals surface area contributed by atoms with Gasteiger partial charge >= 0.3 is 5.97 Å². The molecule has 1 aromatic rings. The van der Waals surface area contributed by atoms with Gasteiger partial charge in [0.15, 0.2) is 0 Å². The molecule has 3 rings (SSSR count). The molecule has 5 heteroatoms. The van der Waals surface area contributed by atoms with Crippen LogP contribution in [0.25, 0.3) is 0 Å². The van der Waals surface area contributed by atoms with E-state index in [2.05, 4.69) is 4.90 Å². The molecule has 2 heterocycles. The van der Waals surface area contributed by atoms with Crippen LogP contribution in [0, 0.1) is 5.92 Å². The van der Waals surface area contributed by atoms with E-state index in [0.717, 1.165) is 70.3 Å². The zero-order valence-corrected chi connectivity index (χ0v) is 13.4. The fourth-order valence-corrected chi connectivity index (χ4v) is 3.47. The third kappa shape index (κ3) is 4.53. The third-order valence-corrected chi connectivity index (χ3v) is 4.88. The highest BCUT2D eigenvalue weighted by atomic mass is 16.5. The molecule has 2 aliphatic heterocycles. The summed E-state index contributed by atoms with van der Waals surface area (Å²) in [5.74, 6) is -0.146. The SMILES string of the molecule is O=C(O)c1ccc(CN2CCOCC2CC2CCOCC2)cc1. The Balaban J connectivity index is 1.60. The van der Waals surface area contributed by atoms with Gasteiger partial charge in [-0.25, -0.2) is 4.79 Å². The summed E-state index contributed by atoms with van der Waals surface area (Å²) in [6, 6.07) is 7.66. The van der Waals surface area contributed by atoms with Gasteiger partial charge in [0.25, 0.3) is 0 Å². The highest BCUT2D eigenvalue weighted by Gasteiger charge is 2.27. The van der Waals surface area contributed by atoms with Crippen molar-refractivity contribution in [3.8, 4) is 0 Å². The van der Waals surface area contributed by atoms with E-state index in [4.69, 9.17) is 14.6 Å². The first kappa shape index (κ1) is 16.4. The second-order valence-corrected chi connectivity index (χ2v) is 6.49. The minimum absolute atomic E-state index is 0.342. The topological polar surface area (TPSA) is 59.0 Å². The van der Waals surface area contributed by atoms with Crippen LogP contribution in [0.15, 0.2) is 24.3 Å². The van der Waals surface area contributed by atoms with Crippen molar-refractivity contribution in [3.05, 3.63) is 35.4 Å². The number of carboxylic acid groups (broad SMARTS) is 1. The zero-order chi connectivity index (χ0) is 16.1.